The normalized spacial score (nSPS) is 11.3. The van der Waals surface area contributed by atoms with E-state index in [1.54, 1.807) is 12.3 Å². The molecule has 0 saturated heterocycles. The lowest BCUT2D eigenvalue weighted by atomic mass is 10.1. The number of quaternary nitrogens is 1. The quantitative estimate of drug-likeness (QED) is 0.767. The van der Waals surface area contributed by atoms with Gasteiger partial charge in [-0.2, -0.15) is 5.48 Å². The molecule has 6 nitrogen and oxygen atoms in total. The van der Waals surface area contributed by atoms with Crippen LogP contribution in [0.3, 0.4) is 0 Å². The molecule has 2 aromatic heterocycles. The van der Waals surface area contributed by atoms with Gasteiger partial charge in [0.1, 0.15) is 0 Å². The molecule has 0 amide bonds. The standard InChI is InChI=1S/C12H15N3O3/c1-7(2)8-6-13-11-10(16)9(14-18-3)4-5-15(11)12(8)17/h4-7,14,16H,1-3H3/p+1. The van der Waals surface area contributed by atoms with E-state index in [1.165, 1.54) is 23.2 Å². The predicted octanol–water partition coefficient (Wildman–Crippen LogP) is 0.280. The zero-order valence-corrected chi connectivity index (χ0v) is 10.5. The van der Waals surface area contributed by atoms with Gasteiger partial charge < -0.3 is 5.11 Å². The van der Waals surface area contributed by atoms with Gasteiger partial charge in [-0.1, -0.05) is 13.8 Å². The van der Waals surface area contributed by atoms with E-state index >= 15 is 0 Å². The largest absolute Gasteiger partial charge is 0.500 e. The van der Waals surface area contributed by atoms with Crippen LogP contribution in [-0.4, -0.2) is 21.6 Å². The molecule has 6 heteroatoms. The summed E-state index contributed by atoms with van der Waals surface area (Å²) >= 11 is 0. The molecule has 3 N–H and O–H groups in total. The predicted molar refractivity (Wildman–Crippen MR) is 65.8 cm³/mol. The summed E-state index contributed by atoms with van der Waals surface area (Å²) in [6.07, 6.45) is 3.10. The molecule has 0 bridgehead atoms. The van der Waals surface area contributed by atoms with Crippen LogP contribution < -0.4 is 11.0 Å². The molecule has 0 fully saturated rings. The SMILES string of the molecule is CO[NH2+]c1ccn2c(=O)c(C(C)C)cnc2c1O. The van der Waals surface area contributed by atoms with Crippen LogP contribution in [0.4, 0.5) is 5.69 Å². The third-order valence-corrected chi connectivity index (χ3v) is 2.78. The van der Waals surface area contributed by atoms with Crippen molar-refractivity contribution >= 4 is 11.3 Å². The third kappa shape index (κ3) is 1.96. The van der Waals surface area contributed by atoms with Crippen molar-refractivity contribution in [3.8, 4) is 5.75 Å². The van der Waals surface area contributed by atoms with Crippen molar-refractivity contribution in [2.45, 2.75) is 19.8 Å². The maximum absolute atomic E-state index is 12.2. The summed E-state index contributed by atoms with van der Waals surface area (Å²) in [5.74, 6) is 0.0287. The maximum atomic E-state index is 12.2. The minimum Gasteiger partial charge on any atom is -0.500 e. The lowest BCUT2D eigenvalue weighted by Gasteiger charge is -2.08. The molecule has 2 rings (SSSR count). The Morgan fingerprint density at radius 2 is 2.22 bits per heavy atom. The molecule has 0 aliphatic carbocycles. The van der Waals surface area contributed by atoms with Gasteiger partial charge in [-0.15, -0.1) is 0 Å². The van der Waals surface area contributed by atoms with E-state index < -0.39 is 0 Å². The smallest absolute Gasteiger partial charge is 0.261 e. The molecule has 0 unspecified atom stereocenters. The topological polar surface area (TPSA) is 80.4 Å². The molecule has 18 heavy (non-hydrogen) atoms. The highest BCUT2D eigenvalue weighted by atomic mass is 16.6. The molecule has 2 heterocycles. The van der Waals surface area contributed by atoms with Crippen LogP contribution in [-0.2, 0) is 4.84 Å². The number of aromatic nitrogens is 2. The molecular formula is C12H16N3O3+. The first-order chi connectivity index (χ1) is 8.56. The number of hydrogen-bond donors (Lipinski definition) is 2. The molecule has 0 aromatic carbocycles. The number of rotatable bonds is 3. The van der Waals surface area contributed by atoms with Crippen molar-refractivity contribution < 1.29 is 15.4 Å². The van der Waals surface area contributed by atoms with E-state index in [4.69, 9.17) is 4.84 Å². The van der Waals surface area contributed by atoms with Crippen molar-refractivity contribution in [1.29, 1.82) is 0 Å². The van der Waals surface area contributed by atoms with Crippen LogP contribution in [0, 0.1) is 0 Å². The molecule has 0 spiro atoms. The van der Waals surface area contributed by atoms with Crippen LogP contribution in [0.25, 0.3) is 5.65 Å². The van der Waals surface area contributed by atoms with Crippen LogP contribution in [0.1, 0.15) is 25.3 Å². The summed E-state index contributed by atoms with van der Waals surface area (Å²) in [5.41, 5.74) is 2.58. The van der Waals surface area contributed by atoms with Gasteiger partial charge in [-0.25, -0.2) is 9.82 Å². The highest BCUT2D eigenvalue weighted by Crippen LogP contribution is 2.22. The lowest BCUT2D eigenvalue weighted by Crippen LogP contribution is -2.76. The highest BCUT2D eigenvalue weighted by molar-refractivity contribution is 5.62. The number of pyridine rings is 1. The number of aromatic hydroxyl groups is 1. The van der Waals surface area contributed by atoms with E-state index in [0.29, 0.717) is 11.3 Å². The van der Waals surface area contributed by atoms with Crippen LogP contribution in [0.2, 0.25) is 0 Å². The van der Waals surface area contributed by atoms with Crippen LogP contribution in [0.15, 0.2) is 23.3 Å². The zero-order chi connectivity index (χ0) is 13.3. The second kappa shape index (κ2) is 4.75. The Labute approximate surface area is 104 Å². The van der Waals surface area contributed by atoms with Crippen LogP contribution in [0.5, 0.6) is 5.75 Å². The molecule has 0 aliphatic heterocycles. The number of nitrogens with two attached hydrogens (primary N) is 1. The monoisotopic (exact) mass is 250 g/mol. The van der Waals surface area contributed by atoms with E-state index in [9.17, 15) is 9.90 Å². The Hall–Kier alpha value is -1.92. The molecule has 96 valence electrons. The summed E-state index contributed by atoms with van der Waals surface area (Å²) in [5, 5.41) is 10.0. The third-order valence-electron chi connectivity index (χ3n) is 2.78. The van der Waals surface area contributed by atoms with Crippen molar-refractivity contribution in [3.05, 3.63) is 34.4 Å². The Morgan fingerprint density at radius 1 is 1.50 bits per heavy atom. The van der Waals surface area contributed by atoms with Gasteiger partial charge in [0.05, 0.1) is 7.11 Å². The fourth-order valence-electron chi connectivity index (χ4n) is 1.78. The average molecular weight is 250 g/mol. The number of fused-ring (bicyclic) bond motifs is 1. The zero-order valence-electron chi connectivity index (χ0n) is 10.5. The molecular weight excluding hydrogens is 234 g/mol. The number of nitrogens with zero attached hydrogens (tertiary/aromatic N) is 2. The van der Waals surface area contributed by atoms with Gasteiger partial charge in [0.15, 0.2) is 5.65 Å². The van der Waals surface area contributed by atoms with E-state index in [-0.39, 0.29) is 22.9 Å². The summed E-state index contributed by atoms with van der Waals surface area (Å²) in [6, 6.07) is 1.61. The van der Waals surface area contributed by atoms with Crippen molar-refractivity contribution in [1.82, 2.24) is 9.38 Å². The van der Waals surface area contributed by atoms with Gasteiger partial charge in [0.25, 0.3) is 5.56 Å². The second-order valence-electron chi connectivity index (χ2n) is 4.34. The summed E-state index contributed by atoms with van der Waals surface area (Å²) < 4.78 is 1.34. The van der Waals surface area contributed by atoms with E-state index in [0.717, 1.165) is 0 Å². The Balaban J connectivity index is 2.71. The van der Waals surface area contributed by atoms with Gasteiger partial charge in [0.2, 0.25) is 11.4 Å². The summed E-state index contributed by atoms with van der Waals surface area (Å²) in [7, 11) is 1.49. The van der Waals surface area contributed by atoms with Gasteiger partial charge >= 0.3 is 0 Å². The Kier molecular flexibility index (Phi) is 3.31. The van der Waals surface area contributed by atoms with Gasteiger partial charge in [-0.05, 0) is 5.92 Å². The number of hydrogen-bond acceptors (Lipinski definition) is 4. The first-order valence-electron chi connectivity index (χ1n) is 5.65. The fourth-order valence-corrected chi connectivity index (χ4v) is 1.78. The first kappa shape index (κ1) is 12.5. The molecule has 0 saturated carbocycles. The molecule has 0 atom stereocenters. The van der Waals surface area contributed by atoms with Crippen molar-refractivity contribution in [2.75, 3.05) is 7.11 Å². The molecule has 0 aliphatic rings. The molecule has 2 aromatic rings. The first-order valence-corrected chi connectivity index (χ1v) is 5.65. The van der Waals surface area contributed by atoms with Gasteiger partial charge in [0, 0.05) is 24.0 Å². The second-order valence-corrected chi connectivity index (χ2v) is 4.34. The summed E-state index contributed by atoms with van der Waals surface area (Å²) in [4.78, 5) is 21.2. The Bertz CT molecular complexity index is 634. The highest BCUT2D eigenvalue weighted by Gasteiger charge is 2.15. The fraction of sp³-hybridized carbons (Fsp3) is 0.333. The van der Waals surface area contributed by atoms with E-state index in [1.807, 2.05) is 13.8 Å². The van der Waals surface area contributed by atoms with Crippen LogP contribution >= 0.6 is 0 Å². The minimum atomic E-state index is -0.158. The maximum Gasteiger partial charge on any atom is 0.261 e. The van der Waals surface area contributed by atoms with Crippen molar-refractivity contribution in [2.24, 2.45) is 0 Å². The van der Waals surface area contributed by atoms with Gasteiger partial charge in [-0.3, -0.25) is 9.20 Å². The molecule has 0 radical (unpaired) electrons. The van der Waals surface area contributed by atoms with Crippen molar-refractivity contribution in [3.63, 3.8) is 0 Å². The average Bonchev–Trinajstić information content (AvgIpc) is 2.33. The lowest BCUT2D eigenvalue weighted by molar-refractivity contribution is -0.830. The summed E-state index contributed by atoms with van der Waals surface area (Å²) in [6.45, 7) is 3.86. The van der Waals surface area contributed by atoms with E-state index in [2.05, 4.69) is 4.98 Å². The minimum absolute atomic E-state index is 0.0632. The Morgan fingerprint density at radius 3 is 2.83 bits per heavy atom.